The Kier molecular flexibility index (Phi) is 3.64. The summed E-state index contributed by atoms with van der Waals surface area (Å²) in [6, 6.07) is 5.63. The molecule has 1 fully saturated rings. The van der Waals surface area contributed by atoms with E-state index in [2.05, 4.69) is 4.90 Å². The van der Waals surface area contributed by atoms with Crippen molar-refractivity contribution >= 4 is 34.8 Å². The minimum Gasteiger partial charge on any atom is -0.370 e. The van der Waals surface area contributed by atoms with E-state index in [0.29, 0.717) is 10.0 Å². The Morgan fingerprint density at radius 3 is 2.29 bits per heavy atom. The molecule has 1 heterocycles. The van der Waals surface area contributed by atoms with Crippen LogP contribution < -0.4 is 10.6 Å². The zero-order chi connectivity index (χ0) is 12.4. The van der Waals surface area contributed by atoms with Crippen molar-refractivity contribution in [3.05, 3.63) is 28.2 Å². The summed E-state index contributed by atoms with van der Waals surface area (Å²) >= 11 is 11.9. The second-order valence-corrected chi connectivity index (χ2v) is 4.77. The quantitative estimate of drug-likeness (QED) is 0.608. The second kappa shape index (κ2) is 5.02. The molecule has 0 aliphatic carbocycles. The number of nitrogens with one attached hydrogen (secondary N) is 1. The van der Waals surface area contributed by atoms with Crippen molar-refractivity contribution in [3.63, 3.8) is 0 Å². The minimum atomic E-state index is 0.138. The lowest BCUT2D eigenvalue weighted by molar-refractivity contribution is 0.380. The Hall–Kier alpha value is -1.13. The first-order valence-corrected chi connectivity index (χ1v) is 6.12. The number of rotatable bonds is 1. The molecule has 0 saturated carbocycles. The molecule has 6 heteroatoms. The van der Waals surface area contributed by atoms with E-state index in [9.17, 15) is 0 Å². The van der Waals surface area contributed by atoms with Crippen LogP contribution in [0.15, 0.2) is 18.2 Å². The molecule has 0 spiro atoms. The normalized spacial score (nSPS) is 16.1. The highest BCUT2D eigenvalue weighted by atomic mass is 35.5. The van der Waals surface area contributed by atoms with Crippen LogP contribution >= 0.6 is 23.2 Å². The van der Waals surface area contributed by atoms with E-state index in [0.717, 1.165) is 31.9 Å². The number of piperazine rings is 1. The standard InChI is InChI=1S/C11H14Cl2N4/c12-9-2-1-8(7-10(9)13)16-3-5-17(6-4-16)11(14)15/h1-2,7H,3-6H2,(H3,14,15). The molecule has 0 radical (unpaired) electrons. The van der Waals surface area contributed by atoms with Gasteiger partial charge in [-0.25, -0.2) is 0 Å². The molecule has 0 atom stereocenters. The van der Waals surface area contributed by atoms with Crippen molar-refractivity contribution in [2.24, 2.45) is 5.73 Å². The molecule has 17 heavy (non-hydrogen) atoms. The molecule has 0 amide bonds. The number of benzene rings is 1. The first-order chi connectivity index (χ1) is 8.08. The summed E-state index contributed by atoms with van der Waals surface area (Å²) < 4.78 is 0. The number of nitrogens with two attached hydrogens (primary N) is 1. The van der Waals surface area contributed by atoms with Gasteiger partial charge in [0.1, 0.15) is 0 Å². The first kappa shape index (κ1) is 12.3. The maximum Gasteiger partial charge on any atom is 0.188 e. The topological polar surface area (TPSA) is 56.4 Å². The molecule has 92 valence electrons. The Labute approximate surface area is 110 Å². The van der Waals surface area contributed by atoms with Gasteiger partial charge in [-0.2, -0.15) is 0 Å². The summed E-state index contributed by atoms with van der Waals surface area (Å²) in [6.07, 6.45) is 0. The number of guanidine groups is 1. The summed E-state index contributed by atoms with van der Waals surface area (Å²) in [5, 5.41) is 8.50. The van der Waals surface area contributed by atoms with Crippen LogP contribution in [0.1, 0.15) is 0 Å². The molecule has 2 rings (SSSR count). The molecule has 3 N–H and O–H groups in total. The highest BCUT2D eigenvalue weighted by molar-refractivity contribution is 6.42. The van der Waals surface area contributed by atoms with Crippen LogP contribution in [-0.4, -0.2) is 37.0 Å². The van der Waals surface area contributed by atoms with Gasteiger partial charge in [-0.05, 0) is 18.2 Å². The summed E-state index contributed by atoms with van der Waals surface area (Å²) in [4.78, 5) is 4.07. The van der Waals surface area contributed by atoms with E-state index in [1.807, 2.05) is 17.0 Å². The number of hydrogen-bond acceptors (Lipinski definition) is 2. The van der Waals surface area contributed by atoms with Crippen molar-refractivity contribution in [2.75, 3.05) is 31.1 Å². The molecule has 1 aromatic carbocycles. The van der Waals surface area contributed by atoms with Crippen LogP contribution in [0.3, 0.4) is 0 Å². The van der Waals surface area contributed by atoms with E-state index in [1.54, 1.807) is 6.07 Å². The molecule has 4 nitrogen and oxygen atoms in total. The summed E-state index contributed by atoms with van der Waals surface area (Å²) in [5.74, 6) is 0.138. The van der Waals surface area contributed by atoms with Gasteiger partial charge in [0.25, 0.3) is 0 Å². The highest BCUT2D eigenvalue weighted by Gasteiger charge is 2.18. The van der Waals surface area contributed by atoms with Gasteiger partial charge >= 0.3 is 0 Å². The lowest BCUT2D eigenvalue weighted by Crippen LogP contribution is -2.50. The van der Waals surface area contributed by atoms with E-state index in [-0.39, 0.29) is 5.96 Å². The van der Waals surface area contributed by atoms with Crippen molar-refractivity contribution in [3.8, 4) is 0 Å². The third-order valence-electron chi connectivity index (χ3n) is 2.89. The molecular weight excluding hydrogens is 259 g/mol. The van der Waals surface area contributed by atoms with Crippen molar-refractivity contribution in [1.29, 1.82) is 5.41 Å². The second-order valence-electron chi connectivity index (χ2n) is 3.96. The summed E-state index contributed by atoms with van der Waals surface area (Å²) in [5.41, 5.74) is 6.51. The van der Waals surface area contributed by atoms with Crippen LogP contribution in [0.4, 0.5) is 5.69 Å². The predicted octanol–water partition coefficient (Wildman–Crippen LogP) is 2.01. The van der Waals surface area contributed by atoms with Crippen molar-refractivity contribution in [1.82, 2.24) is 4.90 Å². The van der Waals surface area contributed by atoms with Crippen LogP contribution in [0.25, 0.3) is 0 Å². The summed E-state index contributed by atoms with van der Waals surface area (Å²) in [7, 11) is 0. The Morgan fingerprint density at radius 2 is 1.76 bits per heavy atom. The largest absolute Gasteiger partial charge is 0.370 e. The molecule has 0 aromatic heterocycles. The number of halogens is 2. The van der Waals surface area contributed by atoms with Crippen LogP contribution in [0.2, 0.25) is 10.0 Å². The van der Waals surface area contributed by atoms with Gasteiger partial charge in [0.05, 0.1) is 10.0 Å². The fourth-order valence-electron chi connectivity index (χ4n) is 1.89. The summed E-state index contributed by atoms with van der Waals surface area (Å²) in [6.45, 7) is 3.18. The highest BCUT2D eigenvalue weighted by Crippen LogP contribution is 2.27. The van der Waals surface area contributed by atoms with Crippen LogP contribution in [-0.2, 0) is 0 Å². The van der Waals surface area contributed by atoms with Gasteiger partial charge < -0.3 is 15.5 Å². The van der Waals surface area contributed by atoms with Gasteiger partial charge in [-0.3, -0.25) is 5.41 Å². The fourth-order valence-corrected chi connectivity index (χ4v) is 2.18. The van der Waals surface area contributed by atoms with E-state index in [1.165, 1.54) is 0 Å². The maximum atomic E-state index is 7.37. The molecule has 1 aliphatic heterocycles. The Morgan fingerprint density at radius 1 is 1.12 bits per heavy atom. The van der Waals surface area contributed by atoms with Crippen molar-refractivity contribution in [2.45, 2.75) is 0 Å². The molecule has 1 saturated heterocycles. The van der Waals surface area contributed by atoms with Gasteiger partial charge in [0.2, 0.25) is 0 Å². The van der Waals surface area contributed by atoms with Gasteiger partial charge in [0.15, 0.2) is 5.96 Å². The average Bonchev–Trinajstić information content (AvgIpc) is 2.33. The molecule has 0 unspecified atom stereocenters. The maximum absolute atomic E-state index is 7.37. The zero-order valence-corrected chi connectivity index (χ0v) is 10.8. The van der Waals surface area contributed by atoms with Crippen LogP contribution in [0.5, 0.6) is 0 Å². The lowest BCUT2D eigenvalue weighted by Gasteiger charge is -2.36. The third-order valence-corrected chi connectivity index (χ3v) is 3.63. The van der Waals surface area contributed by atoms with Gasteiger partial charge in [-0.1, -0.05) is 23.2 Å². The van der Waals surface area contributed by atoms with Gasteiger partial charge in [-0.15, -0.1) is 0 Å². The minimum absolute atomic E-state index is 0.138. The number of anilines is 1. The first-order valence-electron chi connectivity index (χ1n) is 5.37. The van der Waals surface area contributed by atoms with Crippen molar-refractivity contribution < 1.29 is 0 Å². The Bertz CT molecular complexity index is 427. The third kappa shape index (κ3) is 2.76. The van der Waals surface area contributed by atoms with E-state index in [4.69, 9.17) is 34.3 Å². The van der Waals surface area contributed by atoms with Crippen LogP contribution in [0, 0.1) is 5.41 Å². The number of nitrogens with zero attached hydrogens (tertiary/aromatic N) is 2. The molecule has 1 aliphatic rings. The monoisotopic (exact) mass is 272 g/mol. The van der Waals surface area contributed by atoms with E-state index < -0.39 is 0 Å². The van der Waals surface area contributed by atoms with E-state index >= 15 is 0 Å². The average molecular weight is 273 g/mol. The lowest BCUT2D eigenvalue weighted by atomic mass is 10.2. The number of hydrogen-bond donors (Lipinski definition) is 2. The van der Waals surface area contributed by atoms with Gasteiger partial charge in [0, 0.05) is 31.9 Å². The zero-order valence-electron chi connectivity index (χ0n) is 9.29. The smallest absolute Gasteiger partial charge is 0.188 e. The molecule has 1 aromatic rings. The fraction of sp³-hybridized carbons (Fsp3) is 0.364. The SMILES string of the molecule is N=C(N)N1CCN(c2ccc(Cl)c(Cl)c2)CC1. The molecular formula is C11H14Cl2N4. The molecule has 0 bridgehead atoms. The Balaban J connectivity index is 2.05. The predicted molar refractivity (Wildman–Crippen MR) is 72.2 cm³/mol.